The summed E-state index contributed by atoms with van der Waals surface area (Å²) < 4.78 is 28.0. The molecule has 1 heterocycles. The largest absolute Gasteiger partial charge is 0.341 e. The number of nitrogens with zero attached hydrogens (tertiary/aromatic N) is 2. The van der Waals surface area contributed by atoms with Gasteiger partial charge in [0.15, 0.2) is 0 Å². The predicted molar refractivity (Wildman–Crippen MR) is 112 cm³/mol. The minimum absolute atomic E-state index is 0.149. The molecule has 0 saturated carbocycles. The average Bonchev–Trinajstić information content (AvgIpc) is 2.68. The van der Waals surface area contributed by atoms with Gasteiger partial charge in [-0.1, -0.05) is 31.2 Å². The number of aryl methyl sites for hydroxylation is 2. The molecule has 1 unspecified atom stereocenters. The van der Waals surface area contributed by atoms with Crippen LogP contribution in [0, 0.1) is 19.8 Å². The number of anilines is 1. The molecule has 28 heavy (non-hydrogen) atoms. The first-order chi connectivity index (χ1) is 13.3. The van der Waals surface area contributed by atoms with E-state index in [2.05, 4.69) is 6.92 Å². The van der Waals surface area contributed by atoms with E-state index in [-0.39, 0.29) is 17.3 Å². The van der Waals surface area contributed by atoms with Gasteiger partial charge in [-0.3, -0.25) is 9.10 Å². The van der Waals surface area contributed by atoms with E-state index in [9.17, 15) is 13.2 Å². The van der Waals surface area contributed by atoms with Crippen molar-refractivity contribution >= 4 is 21.6 Å². The van der Waals surface area contributed by atoms with E-state index in [4.69, 9.17) is 0 Å². The summed E-state index contributed by atoms with van der Waals surface area (Å²) in [7, 11) is -3.85. The van der Waals surface area contributed by atoms with Gasteiger partial charge in [-0.05, 0) is 68.0 Å². The summed E-state index contributed by atoms with van der Waals surface area (Å²) in [6.45, 7) is 7.24. The van der Waals surface area contributed by atoms with Crippen molar-refractivity contribution in [3.63, 3.8) is 0 Å². The predicted octanol–water partition coefficient (Wildman–Crippen LogP) is 3.76. The fraction of sp³-hybridized carbons (Fsp3) is 0.409. The third kappa shape index (κ3) is 4.38. The van der Waals surface area contributed by atoms with Gasteiger partial charge in [0.25, 0.3) is 10.0 Å². The Kier molecular flexibility index (Phi) is 6.08. The Labute approximate surface area is 168 Å². The number of sulfonamides is 1. The third-order valence-corrected chi connectivity index (χ3v) is 7.19. The molecule has 0 radical (unpaired) electrons. The molecule has 1 fully saturated rings. The molecule has 0 bridgehead atoms. The van der Waals surface area contributed by atoms with Crippen molar-refractivity contribution in [3.8, 4) is 0 Å². The van der Waals surface area contributed by atoms with Crippen LogP contribution in [-0.4, -0.2) is 38.9 Å². The molecule has 1 aliphatic heterocycles. The Morgan fingerprint density at radius 3 is 2.46 bits per heavy atom. The van der Waals surface area contributed by atoms with Crippen LogP contribution >= 0.6 is 0 Å². The lowest BCUT2D eigenvalue weighted by atomic mass is 10.0. The molecule has 1 aliphatic rings. The standard InChI is InChI=1S/C22H28N2O3S/c1-17-8-7-13-23(15-17)22(25)16-24(20-12-11-18(2)19(3)14-20)28(26,27)21-9-5-4-6-10-21/h4-6,9-12,14,17H,7-8,13,15-16H2,1-3H3. The van der Waals surface area contributed by atoms with Gasteiger partial charge in [0.1, 0.15) is 6.54 Å². The van der Waals surface area contributed by atoms with Gasteiger partial charge in [-0.15, -0.1) is 0 Å². The van der Waals surface area contributed by atoms with E-state index >= 15 is 0 Å². The van der Waals surface area contributed by atoms with E-state index in [1.165, 1.54) is 4.31 Å². The molecule has 150 valence electrons. The first-order valence-corrected chi connectivity index (χ1v) is 11.2. The molecule has 0 aliphatic carbocycles. The van der Waals surface area contributed by atoms with Crippen LogP contribution in [0.2, 0.25) is 0 Å². The zero-order valence-corrected chi connectivity index (χ0v) is 17.6. The molecule has 0 spiro atoms. The van der Waals surface area contributed by atoms with E-state index in [0.717, 1.165) is 24.0 Å². The van der Waals surface area contributed by atoms with Crippen LogP contribution in [0.25, 0.3) is 0 Å². The maximum Gasteiger partial charge on any atom is 0.264 e. The summed E-state index contributed by atoms with van der Waals surface area (Å²) >= 11 is 0. The molecule has 0 aromatic heterocycles. The summed E-state index contributed by atoms with van der Waals surface area (Å²) in [6.07, 6.45) is 2.06. The van der Waals surface area contributed by atoms with Crippen molar-refractivity contribution in [2.24, 2.45) is 5.92 Å². The molecule has 2 aromatic carbocycles. The van der Waals surface area contributed by atoms with Crippen LogP contribution in [0.15, 0.2) is 53.4 Å². The molecular weight excluding hydrogens is 372 g/mol. The zero-order chi connectivity index (χ0) is 20.3. The Morgan fingerprint density at radius 2 is 1.82 bits per heavy atom. The molecule has 0 N–H and O–H groups in total. The first-order valence-electron chi connectivity index (χ1n) is 9.72. The van der Waals surface area contributed by atoms with Crippen molar-refractivity contribution in [2.75, 3.05) is 23.9 Å². The highest BCUT2D eigenvalue weighted by Crippen LogP contribution is 2.26. The van der Waals surface area contributed by atoms with Crippen LogP contribution in [0.4, 0.5) is 5.69 Å². The van der Waals surface area contributed by atoms with Gasteiger partial charge in [0.05, 0.1) is 10.6 Å². The lowest BCUT2D eigenvalue weighted by molar-refractivity contribution is -0.131. The molecular formula is C22H28N2O3S. The van der Waals surface area contributed by atoms with Crippen LogP contribution < -0.4 is 4.31 Å². The van der Waals surface area contributed by atoms with Gasteiger partial charge < -0.3 is 4.90 Å². The average molecular weight is 401 g/mol. The number of hydrogen-bond acceptors (Lipinski definition) is 3. The van der Waals surface area contributed by atoms with Crippen molar-refractivity contribution in [3.05, 3.63) is 59.7 Å². The highest BCUT2D eigenvalue weighted by molar-refractivity contribution is 7.92. The number of benzene rings is 2. The topological polar surface area (TPSA) is 57.7 Å². The SMILES string of the molecule is Cc1ccc(N(CC(=O)N2CCCC(C)C2)S(=O)(=O)c2ccccc2)cc1C. The van der Waals surface area contributed by atoms with E-state index < -0.39 is 10.0 Å². The number of piperidine rings is 1. The fourth-order valence-electron chi connectivity index (χ4n) is 3.55. The van der Waals surface area contributed by atoms with Gasteiger partial charge in [0.2, 0.25) is 5.91 Å². The van der Waals surface area contributed by atoms with Gasteiger partial charge in [0, 0.05) is 13.1 Å². The molecule has 1 atom stereocenters. The lowest BCUT2D eigenvalue weighted by Gasteiger charge is -2.33. The van der Waals surface area contributed by atoms with Gasteiger partial charge >= 0.3 is 0 Å². The molecule has 6 heteroatoms. The second kappa shape index (κ2) is 8.35. The Balaban J connectivity index is 1.97. The first kappa shape index (κ1) is 20.4. The Bertz CT molecular complexity index is 942. The summed E-state index contributed by atoms with van der Waals surface area (Å²) in [5.41, 5.74) is 2.59. The zero-order valence-electron chi connectivity index (χ0n) is 16.8. The maximum atomic E-state index is 13.4. The maximum absolute atomic E-state index is 13.4. The monoisotopic (exact) mass is 400 g/mol. The Morgan fingerprint density at radius 1 is 1.11 bits per heavy atom. The minimum Gasteiger partial charge on any atom is -0.341 e. The number of hydrogen-bond donors (Lipinski definition) is 0. The summed E-state index contributed by atoms with van der Waals surface area (Å²) in [5.74, 6) is 0.294. The lowest BCUT2D eigenvalue weighted by Crippen LogP contribution is -2.46. The minimum atomic E-state index is -3.85. The molecule has 2 aromatic rings. The second-order valence-electron chi connectivity index (χ2n) is 7.68. The van der Waals surface area contributed by atoms with Crippen molar-refractivity contribution in [1.82, 2.24) is 4.90 Å². The van der Waals surface area contributed by atoms with Gasteiger partial charge in [-0.2, -0.15) is 0 Å². The summed E-state index contributed by atoms with van der Waals surface area (Å²) in [4.78, 5) is 15.0. The smallest absolute Gasteiger partial charge is 0.264 e. The Hall–Kier alpha value is -2.34. The van der Waals surface area contributed by atoms with Crippen molar-refractivity contribution in [1.29, 1.82) is 0 Å². The molecule has 1 saturated heterocycles. The fourth-order valence-corrected chi connectivity index (χ4v) is 4.98. The normalized spacial score (nSPS) is 17.4. The third-order valence-electron chi connectivity index (χ3n) is 5.40. The van der Waals surface area contributed by atoms with Crippen LogP contribution in [0.3, 0.4) is 0 Å². The van der Waals surface area contributed by atoms with Gasteiger partial charge in [-0.25, -0.2) is 8.42 Å². The number of carbonyl (C=O) groups is 1. The quantitative estimate of drug-likeness (QED) is 0.768. The molecule has 3 rings (SSSR count). The number of rotatable bonds is 5. The summed E-state index contributed by atoms with van der Waals surface area (Å²) in [6, 6.07) is 13.8. The summed E-state index contributed by atoms with van der Waals surface area (Å²) in [5, 5.41) is 0. The van der Waals surface area contributed by atoms with E-state index in [1.807, 2.05) is 26.0 Å². The van der Waals surface area contributed by atoms with Crippen molar-refractivity contribution < 1.29 is 13.2 Å². The number of amides is 1. The highest BCUT2D eigenvalue weighted by Gasteiger charge is 2.30. The number of likely N-dealkylation sites (tertiary alicyclic amines) is 1. The van der Waals surface area contributed by atoms with E-state index in [1.54, 1.807) is 41.3 Å². The number of carbonyl (C=O) groups excluding carboxylic acids is 1. The molecule has 1 amide bonds. The molecule has 5 nitrogen and oxygen atoms in total. The highest BCUT2D eigenvalue weighted by atomic mass is 32.2. The van der Waals surface area contributed by atoms with Crippen molar-refractivity contribution in [2.45, 2.75) is 38.5 Å². The van der Waals surface area contributed by atoms with Crippen LogP contribution in [0.5, 0.6) is 0 Å². The van der Waals surface area contributed by atoms with Crippen LogP contribution in [0.1, 0.15) is 30.9 Å². The second-order valence-corrected chi connectivity index (χ2v) is 9.54. The van der Waals surface area contributed by atoms with Crippen LogP contribution in [-0.2, 0) is 14.8 Å². The van der Waals surface area contributed by atoms with E-state index in [0.29, 0.717) is 24.7 Å².